The molecule has 0 aromatic heterocycles. The van der Waals surface area contributed by atoms with Crippen LogP contribution in [0.2, 0.25) is 0 Å². The number of likely N-dealkylation sites (N-methyl/N-ethyl adjacent to an activating group) is 2. The molecule has 1 aromatic carbocycles. The third kappa shape index (κ3) is 17.0. The van der Waals surface area contributed by atoms with Crippen molar-refractivity contribution in [3.8, 4) is 5.75 Å². The topological polar surface area (TPSA) is 288 Å². The van der Waals surface area contributed by atoms with Crippen LogP contribution in [0.3, 0.4) is 0 Å². The number of carbonyl (C=O) groups is 10. The number of amides is 6. The summed E-state index contributed by atoms with van der Waals surface area (Å²) in [5.41, 5.74) is 0.574. The summed E-state index contributed by atoms with van der Waals surface area (Å²) in [6.45, 7) is 18.3. The van der Waals surface area contributed by atoms with Gasteiger partial charge in [0.05, 0.1) is 43.7 Å². The summed E-state index contributed by atoms with van der Waals surface area (Å²) in [5, 5.41) is 32.0. The maximum atomic E-state index is 15.0. The van der Waals surface area contributed by atoms with Crippen molar-refractivity contribution in [2.45, 2.75) is 201 Å². The average molecular weight is 1110 g/mol. The monoisotopic (exact) mass is 1110 g/mol. The minimum atomic E-state index is -1.75. The standard InChI is InChI=1S/C57H89N7O15/c1-15-33(8)46-44(66)29-45(67)79-49(32(6)7)48(68)34(9)50(69)58-39(26-30(2)3)54(73)64-25-17-19-41(64)56(75)62(13)43(28-37-20-22-38(77-14)23-21-37)57(76)78-36(11)47(52(71)59-46)60-51(70)42(27-31(4)5)61(12)55(74)40-18-16-24-63(40)53(72)35(10)65/h20-23,30-34,36,39-44,46-47,49,55,66,74H,15-19,24-29H2,1-14H3,(H,58,69)(H,59,71)(H,60,70)/t33-,34-,36+,39-,40-,41-,42-,43-,44-,46+,47-,49-,55?/m0/s1. The number of aliphatic hydroxyl groups excluding tert-OH is 2. The van der Waals surface area contributed by atoms with Crippen molar-refractivity contribution < 1.29 is 72.4 Å². The summed E-state index contributed by atoms with van der Waals surface area (Å²) < 4.78 is 17.2. The SMILES string of the molecule is CC[C@H](C)[C@H]1NC(=O)[C@@H](NC(=O)[C@H](CC(C)C)N(C)C(O)[C@@H]2CCCN2C(=O)C(C)=O)[C@@H](C)OC(=O)[C@H](Cc2ccc(OC)cc2)N(C)C(=O)[C@@H]2CCCN2C(=O)[C@H](CC(C)C)NC(=O)[C@@H](C)C(=O)[C@H](C(C)C)OC(=O)C[C@@H]1O. The zero-order chi connectivity index (χ0) is 59.3. The quantitative estimate of drug-likeness (QED) is 0.0687. The summed E-state index contributed by atoms with van der Waals surface area (Å²) in [6, 6.07) is -1.93. The van der Waals surface area contributed by atoms with Crippen molar-refractivity contribution in [3.05, 3.63) is 29.8 Å². The van der Waals surface area contributed by atoms with Crippen LogP contribution in [-0.2, 0) is 63.8 Å². The number of carbonyl (C=O) groups excluding carboxylic acids is 10. The van der Waals surface area contributed by atoms with E-state index in [0.717, 1.165) is 6.92 Å². The van der Waals surface area contributed by atoms with Crippen LogP contribution in [0.25, 0.3) is 0 Å². The molecule has 0 spiro atoms. The predicted octanol–water partition coefficient (Wildman–Crippen LogP) is 2.32. The number of aliphatic hydroxyl groups is 2. The van der Waals surface area contributed by atoms with Crippen LogP contribution in [0.15, 0.2) is 24.3 Å². The first-order valence-corrected chi connectivity index (χ1v) is 28.0. The number of hydrogen-bond acceptors (Lipinski definition) is 16. The number of ketones is 2. The molecule has 0 radical (unpaired) electrons. The average Bonchev–Trinajstić information content (AvgIpc) is 4.13. The van der Waals surface area contributed by atoms with Crippen LogP contribution in [0.4, 0.5) is 0 Å². The minimum absolute atomic E-state index is 0.115. The van der Waals surface area contributed by atoms with E-state index in [1.165, 1.54) is 54.7 Å². The van der Waals surface area contributed by atoms with E-state index in [2.05, 4.69) is 16.0 Å². The van der Waals surface area contributed by atoms with E-state index in [4.69, 9.17) is 14.2 Å². The first kappa shape index (κ1) is 65.5. The number of cyclic esters (lactones) is 2. The highest BCUT2D eigenvalue weighted by molar-refractivity contribution is 6.35. The van der Waals surface area contributed by atoms with Gasteiger partial charge in [0.1, 0.15) is 42.2 Å². The molecule has 3 fully saturated rings. The van der Waals surface area contributed by atoms with Crippen molar-refractivity contribution in [2.24, 2.45) is 29.6 Å². The fourth-order valence-corrected chi connectivity index (χ4v) is 10.6. The van der Waals surface area contributed by atoms with Gasteiger partial charge in [-0.1, -0.05) is 73.9 Å². The largest absolute Gasteiger partial charge is 0.497 e. The molecule has 22 nitrogen and oxygen atoms in total. The summed E-state index contributed by atoms with van der Waals surface area (Å²) in [7, 11) is 4.37. The zero-order valence-corrected chi connectivity index (χ0v) is 48.8. The van der Waals surface area contributed by atoms with Crippen LogP contribution < -0.4 is 20.7 Å². The number of rotatable bonds is 16. The fourth-order valence-electron chi connectivity index (χ4n) is 10.6. The number of benzene rings is 1. The number of nitrogens with one attached hydrogen (secondary N) is 3. The number of Topliss-reactive ketones (excluding diaryl/α,β-unsaturated/α-hetero) is 2. The van der Waals surface area contributed by atoms with Crippen LogP contribution in [0.1, 0.15) is 133 Å². The second-order valence-electron chi connectivity index (χ2n) is 23.0. The number of ether oxygens (including phenoxy) is 3. The molecule has 6 amide bonds. The van der Waals surface area contributed by atoms with Gasteiger partial charge in [-0.2, -0.15) is 0 Å². The van der Waals surface area contributed by atoms with Crippen molar-refractivity contribution in [3.63, 3.8) is 0 Å². The molecule has 1 unspecified atom stereocenters. The molecule has 3 aliphatic rings. The summed E-state index contributed by atoms with van der Waals surface area (Å²) in [5.74, 6) is -10.4. The Kier molecular flexibility index (Phi) is 24.4. The first-order chi connectivity index (χ1) is 37.0. The van der Waals surface area contributed by atoms with E-state index >= 15 is 4.79 Å². The lowest BCUT2D eigenvalue weighted by atomic mass is 9.91. The molecular weight excluding hydrogens is 1020 g/mol. The number of hydrogen-bond donors (Lipinski definition) is 5. The molecule has 1 aromatic rings. The Morgan fingerprint density at radius 2 is 1.51 bits per heavy atom. The van der Waals surface area contributed by atoms with Gasteiger partial charge in [0.15, 0.2) is 11.9 Å². The molecule has 3 aliphatic heterocycles. The Bertz CT molecular complexity index is 2330. The number of fused-ring (bicyclic) bond motifs is 1. The normalized spacial score (nSPS) is 27.8. The van der Waals surface area contributed by atoms with Crippen molar-refractivity contribution in [1.29, 1.82) is 0 Å². The van der Waals surface area contributed by atoms with Crippen LogP contribution in [0.5, 0.6) is 5.75 Å². The van der Waals surface area contributed by atoms with Gasteiger partial charge in [-0.05, 0) is 101 Å². The van der Waals surface area contributed by atoms with Gasteiger partial charge in [-0.15, -0.1) is 0 Å². The number of nitrogens with zero attached hydrogens (tertiary/aromatic N) is 4. The van der Waals surface area contributed by atoms with E-state index in [9.17, 15) is 53.4 Å². The molecule has 13 atom stereocenters. The molecule has 3 heterocycles. The molecular formula is C57H89N7O15. The van der Waals surface area contributed by atoms with E-state index < -0.39 is 150 Å². The molecule has 442 valence electrons. The van der Waals surface area contributed by atoms with E-state index in [1.54, 1.807) is 52.0 Å². The number of likely N-dealkylation sites (tertiary alicyclic amines) is 1. The Hall–Kier alpha value is -6.00. The first-order valence-electron chi connectivity index (χ1n) is 28.0. The second-order valence-corrected chi connectivity index (χ2v) is 23.0. The number of methoxy groups -OCH3 is 1. The summed E-state index contributed by atoms with van der Waals surface area (Å²) in [6.07, 6.45) is -4.90. The van der Waals surface area contributed by atoms with E-state index in [0.29, 0.717) is 37.0 Å². The lowest BCUT2D eigenvalue weighted by Gasteiger charge is -2.39. The molecule has 3 saturated heterocycles. The van der Waals surface area contributed by atoms with Gasteiger partial charge in [0, 0.05) is 33.5 Å². The van der Waals surface area contributed by atoms with Crippen molar-refractivity contribution >= 4 is 58.9 Å². The lowest BCUT2D eigenvalue weighted by Crippen LogP contribution is -2.62. The smallest absolute Gasteiger partial charge is 0.329 e. The van der Waals surface area contributed by atoms with Crippen molar-refractivity contribution in [2.75, 3.05) is 34.3 Å². The van der Waals surface area contributed by atoms with Crippen LogP contribution >= 0.6 is 0 Å². The highest BCUT2D eigenvalue weighted by atomic mass is 16.6. The summed E-state index contributed by atoms with van der Waals surface area (Å²) in [4.78, 5) is 147. The van der Waals surface area contributed by atoms with Gasteiger partial charge >= 0.3 is 11.9 Å². The van der Waals surface area contributed by atoms with Crippen LogP contribution in [-0.4, -0.2) is 190 Å². The lowest BCUT2D eigenvalue weighted by molar-refractivity contribution is -0.163. The fraction of sp³-hybridized carbons (Fsp3) is 0.719. The third-order valence-electron chi connectivity index (χ3n) is 15.6. The Morgan fingerprint density at radius 3 is 2.08 bits per heavy atom. The summed E-state index contributed by atoms with van der Waals surface area (Å²) >= 11 is 0. The molecule has 79 heavy (non-hydrogen) atoms. The second kappa shape index (κ2) is 29.5. The zero-order valence-electron chi connectivity index (χ0n) is 48.8. The molecule has 0 bridgehead atoms. The molecule has 0 saturated carbocycles. The van der Waals surface area contributed by atoms with Gasteiger partial charge in [-0.3, -0.25) is 48.1 Å². The van der Waals surface area contributed by atoms with Gasteiger partial charge in [0.25, 0.3) is 5.91 Å². The number of esters is 2. The molecule has 22 heteroatoms. The van der Waals surface area contributed by atoms with Gasteiger partial charge in [0.2, 0.25) is 35.3 Å². The molecule has 5 N–H and O–H groups in total. The highest BCUT2D eigenvalue weighted by Gasteiger charge is 2.46. The van der Waals surface area contributed by atoms with Gasteiger partial charge < -0.3 is 55.1 Å². The third-order valence-corrected chi connectivity index (χ3v) is 15.6. The molecule has 4 rings (SSSR count). The maximum absolute atomic E-state index is 15.0. The van der Waals surface area contributed by atoms with Gasteiger partial charge in [-0.25, -0.2) is 4.79 Å². The highest BCUT2D eigenvalue weighted by Crippen LogP contribution is 2.28. The Balaban J connectivity index is 1.89. The van der Waals surface area contributed by atoms with Crippen molar-refractivity contribution in [1.82, 2.24) is 35.6 Å². The Labute approximate surface area is 465 Å². The maximum Gasteiger partial charge on any atom is 0.329 e. The van der Waals surface area contributed by atoms with E-state index in [-0.39, 0.29) is 50.6 Å². The molecule has 0 aliphatic carbocycles. The minimum Gasteiger partial charge on any atom is -0.497 e. The Morgan fingerprint density at radius 1 is 0.873 bits per heavy atom. The predicted molar refractivity (Wildman–Crippen MR) is 290 cm³/mol. The van der Waals surface area contributed by atoms with E-state index in [1.807, 2.05) is 27.7 Å². The van der Waals surface area contributed by atoms with Crippen LogP contribution in [0, 0.1) is 29.6 Å².